The van der Waals surface area contributed by atoms with Gasteiger partial charge in [0.1, 0.15) is 0 Å². The van der Waals surface area contributed by atoms with Gasteiger partial charge in [-0.15, -0.1) is 11.3 Å². The minimum absolute atomic E-state index is 0.783. The third kappa shape index (κ3) is 2.58. The molecule has 1 aromatic heterocycles. The SMILES string of the molecule is Cc1ccsc1CCC1CCCCN1. The molecule has 0 aromatic carbocycles. The fourth-order valence-corrected chi connectivity index (χ4v) is 3.06. The zero-order valence-corrected chi connectivity index (χ0v) is 9.70. The van der Waals surface area contributed by atoms with Crippen LogP contribution in [0.4, 0.5) is 0 Å². The molecule has 0 bridgehead atoms. The van der Waals surface area contributed by atoms with E-state index in [0.717, 1.165) is 6.04 Å². The topological polar surface area (TPSA) is 12.0 Å². The molecule has 1 aliphatic heterocycles. The second kappa shape index (κ2) is 4.94. The molecule has 2 heteroatoms. The van der Waals surface area contributed by atoms with Crippen LogP contribution in [0.3, 0.4) is 0 Å². The Balaban J connectivity index is 1.79. The van der Waals surface area contributed by atoms with Gasteiger partial charge in [-0.1, -0.05) is 6.42 Å². The van der Waals surface area contributed by atoms with Crippen LogP contribution in [0, 0.1) is 6.92 Å². The third-order valence-electron chi connectivity index (χ3n) is 3.10. The molecule has 0 amide bonds. The highest BCUT2D eigenvalue weighted by molar-refractivity contribution is 7.10. The first-order valence-electron chi connectivity index (χ1n) is 5.62. The Bertz CT molecular complexity index is 274. The van der Waals surface area contributed by atoms with Crippen molar-refractivity contribution in [1.29, 1.82) is 0 Å². The van der Waals surface area contributed by atoms with Crippen molar-refractivity contribution in [3.8, 4) is 0 Å². The summed E-state index contributed by atoms with van der Waals surface area (Å²) >= 11 is 1.91. The summed E-state index contributed by atoms with van der Waals surface area (Å²) in [7, 11) is 0. The molecule has 2 rings (SSSR count). The molecule has 1 nitrogen and oxygen atoms in total. The van der Waals surface area contributed by atoms with Crippen molar-refractivity contribution in [2.75, 3.05) is 6.54 Å². The van der Waals surface area contributed by atoms with E-state index in [2.05, 4.69) is 23.7 Å². The summed E-state index contributed by atoms with van der Waals surface area (Å²) in [5.41, 5.74) is 1.48. The van der Waals surface area contributed by atoms with Crippen LogP contribution in [0.5, 0.6) is 0 Å². The zero-order chi connectivity index (χ0) is 9.80. The number of aryl methyl sites for hydroxylation is 2. The Morgan fingerprint density at radius 1 is 1.50 bits per heavy atom. The second-order valence-corrected chi connectivity index (χ2v) is 5.21. The summed E-state index contributed by atoms with van der Waals surface area (Å²) in [5, 5.41) is 5.81. The summed E-state index contributed by atoms with van der Waals surface area (Å²) in [6.45, 7) is 3.45. The average Bonchev–Trinajstić information content (AvgIpc) is 2.63. The quantitative estimate of drug-likeness (QED) is 0.806. The first-order valence-corrected chi connectivity index (χ1v) is 6.50. The smallest absolute Gasteiger partial charge is 0.00749 e. The third-order valence-corrected chi connectivity index (χ3v) is 4.18. The van der Waals surface area contributed by atoms with Crippen molar-refractivity contribution < 1.29 is 0 Å². The van der Waals surface area contributed by atoms with Crippen LogP contribution in [-0.2, 0) is 6.42 Å². The lowest BCUT2D eigenvalue weighted by atomic mass is 10.00. The maximum absolute atomic E-state index is 3.61. The highest BCUT2D eigenvalue weighted by Crippen LogP contribution is 2.20. The number of rotatable bonds is 3. The van der Waals surface area contributed by atoms with E-state index in [0.29, 0.717) is 0 Å². The fraction of sp³-hybridized carbons (Fsp3) is 0.667. The molecule has 78 valence electrons. The van der Waals surface area contributed by atoms with Crippen LogP contribution in [0.2, 0.25) is 0 Å². The second-order valence-electron chi connectivity index (χ2n) is 4.21. The summed E-state index contributed by atoms with van der Waals surface area (Å²) in [5.74, 6) is 0. The summed E-state index contributed by atoms with van der Waals surface area (Å²) in [6, 6.07) is 3.01. The van der Waals surface area contributed by atoms with Crippen LogP contribution < -0.4 is 5.32 Å². The van der Waals surface area contributed by atoms with E-state index in [1.54, 1.807) is 4.88 Å². The van der Waals surface area contributed by atoms with E-state index in [1.807, 2.05) is 11.3 Å². The highest BCUT2D eigenvalue weighted by atomic mass is 32.1. The molecule has 0 spiro atoms. The van der Waals surface area contributed by atoms with Gasteiger partial charge in [-0.3, -0.25) is 0 Å². The average molecular weight is 209 g/mol. The van der Waals surface area contributed by atoms with Crippen LogP contribution in [-0.4, -0.2) is 12.6 Å². The monoisotopic (exact) mass is 209 g/mol. The van der Waals surface area contributed by atoms with E-state index in [4.69, 9.17) is 0 Å². The Morgan fingerprint density at radius 2 is 2.43 bits per heavy atom. The van der Waals surface area contributed by atoms with Crippen molar-refractivity contribution >= 4 is 11.3 Å². The van der Waals surface area contributed by atoms with Gasteiger partial charge in [0.05, 0.1) is 0 Å². The molecular weight excluding hydrogens is 190 g/mol. The van der Waals surface area contributed by atoms with Gasteiger partial charge in [0, 0.05) is 10.9 Å². The van der Waals surface area contributed by atoms with Gasteiger partial charge < -0.3 is 5.32 Å². The van der Waals surface area contributed by atoms with Crippen molar-refractivity contribution in [2.24, 2.45) is 0 Å². The summed E-state index contributed by atoms with van der Waals surface area (Å²) in [4.78, 5) is 1.58. The molecule has 0 radical (unpaired) electrons. The standard InChI is InChI=1S/C12H19NS/c1-10-7-9-14-12(10)6-5-11-4-2-3-8-13-11/h7,9,11,13H,2-6,8H2,1H3. The zero-order valence-electron chi connectivity index (χ0n) is 8.88. The van der Waals surface area contributed by atoms with Crippen molar-refractivity contribution in [3.05, 3.63) is 21.9 Å². The number of nitrogens with one attached hydrogen (secondary N) is 1. The minimum atomic E-state index is 0.783. The molecule has 2 heterocycles. The van der Waals surface area contributed by atoms with Gasteiger partial charge in [-0.05, 0) is 56.2 Å². The highest BCUT2D eigenvalue weighted by Gasteiger charge is 2.12. The molecule has 1 N–H and O–H groups in total. The predicted octanol–water partition coefficient (Wildman–Crippen LogP) is 3.13. The molecule has 1 atom stereocenters. The van der Waals surface area contributed by atoms with Crippen molar-refractivity contribution in [1.82, 2.24) is 5.32 Å². The minimum Gasteiger partial charge on any atom is -0.314 e. The molecule has 1 aromatic rings. The Hall–Kier alpha value is -0.340. The fourth-order valence-electron chi connectivity index (χ4n) is 2.14. The maximum atomic E-state index is 3.61. The molecule has 1 unspecified atom stereocenters. The van der Waals surface area contributed by atoms with E-state index in [1.165, 1.54) is 44.2 Å². The lowest BCUT2D eigenvalue weighted by Gasteiger charge is -2.23. The van der Waals surface area contributed by atoms with E-state index < -0.39 is 0 Å². The molecule has 0 aliphatic carbocycles. The van der Waals surface area contributed by atoms with Crippen LogP contribution in [0.1, 0.15) is 36.1 Å². The lowest BCUT2D eigenvalue weighted by Crippen LogP contribution is -2.34. The first kappa shape index (κ1) is 10.2. The van der Waals surface area contributed by atoms with Gasteiger partial charge in [-0.25, -0.2) is 0 Å². The maximum Gasteiger partial charge on any atom is 0.00749 e. The Kier molecular flexibility index (Phi) is 3.60. The molecule has 0 saturated carbocycles. The van der Waals surface area contributed by atoms with Crippen molar-refractivity contribution in [2.45, 2.75) is 45.1 Å². The molecule has 14 heavy (non-hydrogen) atoms. The Labute approximate surface area is 90.5 Å². The molecule has 1 fully saturated rings. The largest absolute Gasteiger partial charge is 0.314 e. The first-order chi connectivity index (χ1) is 6.86. The van der Waals surface area contributed by atoms with E-state index >= 15 is 0 Å². The summed E-state index contributed by atoms with van der Waals surface area (Å²) in [6.07, 6.45) is 6.75. The lowest BCUT2D eigenvalue weighted by molar-refractivity contribution is 0.383. The van der Waals surface area contributed by atoms with Crippen molar-refractivity contribution in [3.63, 3.8) is 0 Å². The predicted molar refractivity (Wildman–Crippen MR) is 63.0 cm³/mol. The summed E-state index contributed by atoms with van der Waals surface area (Å²) < 4.78 is 0. The Morgan fingerprint density at radius 3 is 3.07 bits per heavy atom. The number of hydrogen-bond acceptors (Lipinski definition) is 2. The van der Waals surface area contributed by atoms with Crippen LogP contribution >= 0.6 is 11.3 Å². The van der Waals surface area contributed by atoms with Gasteiger partial charge in [-0.2, -0.15) is 0 Å². The van der Waals surface area contributed by atoms with Gasteiger partial charge in [0.25, 0.3) is 0 Å². The van der Waals surface area contributed by atoms with Gasteiger partial charge >= 0.3 is 0 Å². The molecule has 1 saturated heterocycles. The van der Waals surface area contributed by atoms with E-state index in [9.17, 15) is 0 Å². The van der Waals surface area contributed by atoms with Gasteiger partial charge in [0.2, 0.25) is 0 Å². The van der Waals surface area contributed by atoms with Crippen LogP contribution in [0.15, 0.2) is 11.4 Å². The van der Waals surface area contributed by atoms with E-state index in [-0.39, 0.29) is 0 Å². The normalized spacial score (nSPS) is 22.5. The van der Waals surface area contributed by atoms with Crippen LogP contribution in [0.25, 0.3) is 0 Å². The number of piperidine rings is 1. The molecular formula is C12H19NS. The van der Waals surface area contributed by atoms with Gasteiger partial charge in [0.15, 0.2) is 0 Å². The molecule has 1 aliphatic rings. The number of hydrogen-bond donors (Lipinski definition) is 1. The number of thiophene rings is 1.